The van der Waals surface area contributed by atoms with Crippen molar-refractivity contribution in [2.24, 2.45) is 0 Å². The van der Waals surface area contributed by atoms with Crippen molar-refractivity contribution in [2.45, 2.75) is 39.3 Å². The lowest BCUT2D eigenvalue weighted by Gasteiger charge is -2.22. The summed E-state index contributed by atoms with van der Waals surface area (Å²) in [5, 5.41) is 5.92. The minimum atomic E-state index is -0.352. The van der Waals surface area contributed by atoms with E-state index in [2.05, 4.69) is 10.6 Å². The van der Waals surface area contributed by atoms with Crippen LogP contribution in [0.2, 0.25) is 0 Å². The van der Waals surface area contributed by atoms with Crippen molar-refractivity contribution in [1.29, 1.82) is 0 Å². The van der Waals surface area contributed by atoms with Gasteiger partial charge in [0.2, 0.25) is 5.91 Å². The van der Waals surface area contributed by atoms with E-state index in [0.717, 1.165) is 0 Å². The third-order valence-electron chi connectivity index (χ3n) is 2.82. The Morgan fingerprint density at radius 1 is 1.40 bits per heavy atom. The number of ether oxygens (including phenoxy) is 1. The average molecular weight is 282 g/mol. The topological polar surface area (TPSA) is 50.4 Å². The molecule has 0 radical (unpaired) electrons. The zero-order valence-corrected chi connectivity index (χ0v) is 12.7. The van der Waals surface area contributed by atoms with E-state index in [1.54, 1.807) is 13.0 Å². The molecular formula is C15H23FN2O2. The van der Waals surface area contributed by atoms with Gasteiger partial charge in [0.25, 0.3) is 0 Å². The van der Waals surface area contributed by atoms with Crippen LogP contribution in [0.25, 0.3) is 0 Å². The second-order valence-electron chi connectivity index (χ2n) is 5.78. The van der Waals surface area contributed by atoms with Crippen LogP contribution in [0.3, 0.4) is 0 Å². The van der Waals surface area contributed by atoms with Crippen LogP contribution < -0.4 is 15.4 Å². The molecule has 0 aliphatic rings. The van der Waals surface area contributed by atoms with Crippen LogP contribution in [0.15, 0.2) is 18.2 Å². The fraction of sp³-hybridized carbons (Fsp3) is 0.533. The molecule has 1 unspecified atom stereocenters. The maximum absolute atomic E-state index is 13.3. The van der Waals surface area contributed by atoms with Gasteiger partial charge in [-0.05, 0) is 45.9 Å². The summed E-state index contributed by atoms with van der Waals surface area (Å²) in [6.45, 7) is 7.97. The van der Waals surface area contributed by atoms with Crippen molar-refractivity contribution >= 4 is 5.91 Å². The maximum Gasteiger partial charge on any atom is 0.234 e. The van der Waals surface area contributed by atoms with Crippen molar-refractivity contribution in [3.63, 3.8) is 0 Å². The first-order chi connectivity index (χ1) is 9.23. The van der Waals surface area contributed by atoms with Crippen molar-refractivity contribution < 1.29 is 13.9 Å². The summed E-state index contributed by atoms with van der Waals surface area (Å²) < 4.78 is 18.5. The number of hydrogen-bond donors (Lipinski definition) is 2. The predicted octanol–water partition coefficient (Wildman–Crippen LogP) is 2.40. The molecule has 112 valence electrons. The Kier molecular flexibility index (Phi) is 5.51. The number of carbonyl (C=O) groups excluding carboxylic acids is 1. The van der Waals surface area contributed by atoms with Crippen LogP contribution in [-0.2, 0) is 4.79 Å². The molecule has 1 aromatic rings. The second kappa shape index (κ2) is 6.70. The first-order valence-electron chi connectivity index (χ1n) is 6.61. The largest absolute Gasteiger partial charge is 0.496 e. The van der Waals surface area contributed by atoms with Crippen molar-refractivity contribution in [3.8, 4) is 5.75 Å². The predicted molar refractivity (Wildman–Crippen MR) is 77.3 cm³/mol. The van der Waals surface area contributed by atoms with E-state index in [9.17, 15) is 9.18 Å². The van der Waals surface area contributed by atoms with Gasteiger partial charge in [-0.3, -0.25) is 4.79 Å². The van der Waals surface area contributed by atoms with Gasteiger partial charge >= 0.3 is 0 Å². The fourth-order valence-electron chi connectivity index (χ4n) is 1.76. The van der Waals surface area contributed by atoms with E-state index in [4.69, 9.17) is 4.74 Å². The van der Waals surface area contributed by atoms with Gasteiger partial charge in [0.05, 0.1) is 19.7 Å². The maximum atomic E-state index is 13.3. The van der Waals surface area contributed by atoms with Crippen LogP contribution in [0, 0.1) is 5.82 Å². The minimum Gasteiger partial charge on any atom is -0.496 e. The number of halogens is 1. The summed E-state index contributed by atoms with van der Waals surface area (Å²) in [6.07, 6.45) is 0. The average Bonchev–Trinajstić information content (AvgIpc) is 2.35. The van der Waals surface area contributed by atoms with Gasteiger partial charge in [-0.1, -0.05) is 0 Å². The molecule has 1 aromatic carbocycles. The molecule has 0 saturated carbocycles. The van der Waals surface area contributed by atoms with Gasteiger partial charge in [0.15, 0.2) is 0 Å². The van der Waals surface area contributed by atoms with Crippen LogP contribution >= 0.6 is 0 Å². The van der Waals surface area contributed by atoms with Crippen LogP contribution in [0.4, 0.5) is 4.39 Å². The quantitative estimate of drug-likeness (QED) is 0.872. The van der Waals surface area contributed by atoms with E-state index in [1.165, 1.54) is 19.2 Å². The molecule has 1 atom stereocenters. The molecule has 0 fully saturated rings. The number of nitrogens with one attached hydrogen (secondary N) is 2. The van der Waals surface area contributed by atoms with Crippen molar-refractivity contribution in [1.82, 2.24) is 10.6 Å². The van der Waals surface area contributed by atoms with Crippen LogP contribution in [-0.4, -0.2) is 25.1 Å². The number of carbonyl (C=O) groups is 1. The molecule has 0 aromatic heterocycles. The molecule has 0 saturated heterocycles. The minimum absolute atomic E-state index is 0.128. The Balaban J connectivity index is 2.69. The third-order valence-corrected chi connectivity index (χ3v) is 2.82. The smallest absolute Gasteiger partial charge is 0.234 e. The Morgan fingerprint density at radius 3 is 2.60 bits per heavy atom. The standard InChI is InChI=1S/C15H23FN2O2/c1-10(18-14(19)9-17-15(2,3)4)12-8-11(16)6-7-13(12)20-5/h6-8,10,17H,9H2,1-5H3,(H,18,19). The van der Waals surface area contributed by atoms with E-state index < -0.39 is 0 Å². The highest BCUT2D eigenvalue weighted by atomic mass is 19.1. The number of amides is 1. The molecule has 0 aliphatic heterocycles. The van der Waals surface area contributed by atoms with Gasteiger partial charge in [-0.2, -0.15) is 0 Å². The number of rotatable bonds is 5. The van der Waals surface area contributed by atoms with E-state index in [0.29, 0.717) is 11.3 Å². The van der Waals surface area contributed by atoms with Crippen molar-refractivity contribution in [2.75, 3.05) is 13.7 Å². The van der Waals surface area contributed by atoms with Gasteiger partial charge < -0.3 is 15.4 Å². The molecule has 4 nitrogen and oxygen atoms in total. The molecule has 2 N–H and O–H groups in total. The lowest BCUT2D eigenvalue weighted by molar-refractivity contribution is -0.121. The highest BCUT2D eigenvalue weighted by molar-refractivity contribution is 5.78. The molecule has 0 heterocycles. The number of benzene rings is 1. The van der Waals surface area contributed by atoms with Gasteiger partial charge in [-0.25, -0.2) is 4.39 Å². The fourth-order valence-corrected chi connectivity index (χ4v) is 1.76. The Labute approximate surface area is 119 Å². The number of hydrogen-bond acceptors (Lipinski definition) is 3. The zero-order valence-electron chi connectivity index (χ0n) is 12.7. The number of methoxy groups -OCH3 is 1. The van der Waals surface area contributed by atoms with Crippen LogP contribution in [0.5, 0.6) is 5.75 Å². The monoisotopic (exact) mass is 282 g/mol. The summed E-state index contributed by atoms with van der Waals surface area (Å²) in [7, 11) is 1.52. The Bertz CT molecular complexity index is 469. The normalized spacial score (nSPS) is 12.9. The first kappa shape index (κ1) is 16.4. The third kappa shape index (κ3) is 5.17. The lowest BCUT2D eigenvalue weighted by Crippen LogP contribution is -2.43. The first-order valence-corrected chi connectivity index (χ1v) is 6.61. The van der Waals surface area contributed by atoms with E-state index >= 15 is 0 Å². The molecule has 20 heavy (non-hydrogen) atoms. The molecule has 0 spiro atoms. The molecule has 1 amide bonds. The Hall–Kier alpha value is -1.62. The summed E-state index contributed by atoms with van der Waals surface area (Å²) in [5.74, 6) is 0.0661. The summed E-state index contributed by atoms with van der Waals surface area (Å²) in [4.78, 5) is 11.8. The van der Waals surface area contributed by atoms with Crippen LogP contribution in [0.1, 0.15) is 39.3 Å². The zero-order chi connectivity index (χ0) is 15.3. The highest BCUT2D eigenvalue weighted by Crippen LogP contribution is 2.25. The molecule has 1 rings (SSSR count). The van der Waals surface area contributed by atoms with Gasteiger partial charge in [-0.15, -0.1) is 0 Å². The second-order valence-corrected chi connectivity index (χ2v) is 5.78. The molecular weight excluding hydrogens is 259 g/mol. The van der Waals surface area contributed by atoms with Crippen molar-refractivity contribution in [3.05, 3.63) is 29.6 Å². The van der Waals surface area contributed by atoms with Gasteiger partial charge in [0.1, 0.15) is 11.6 Å². The summed E-state index contributed by atoms with van der Waals surface area (Å²) >= 11 is 0. The molecule has 0 aliphatic carbocycles. The van der Waals surface area contributed by atoms with E-state index in [-0.39, 0.29) is 29.8 Å². The molecule has 0 bridgehead atoms. The summed E-state index contributed by atoms with van der Waals surface area (Å²) in [5.41, 5.74) is 0.494. The van der Waals surface area contributed by atoms with E-state index in [1.807, 2.05) is 20.8 Å². The SMILES string of the molecule is COc1ccc(F)cc1C(C)NC(=O)CNC(C)(C)C. The lowest BCUT2D eigenvalue weighted by atomic mass is 10.1. The highest BCUT2D eigenvalue weighted by Gasteiger charge is 2.16. The Morgan fingerprint density at radius 2 is 2.05 bits per heavy atom. The summed E-state index contributed by atoms with van der Waals surface area (Å²) in [6, 6.07) is 3.94. The van der Waals surface area contributed by atoms with Gasteiger partial charge in [0, 0.05) is 11.1 Å². The molecule has 5 heteroatoms.